The Kier molecular flexibility index (Phi) is 10.5. The Hall–Kier alpha value is -1.35. The number of halogens is 2. The van der Waals surface area contributed by atoms with Gasteiger partial charge >= 0.3 is 0 Å². The molecule has 6 nitrogen and oxygen atoms in total. The van der Waals surface area contributed by atoms with Crippen molar-refractivity contribution in [2.75, 3.05) is 20.1 Å². The van der Waals surface area contributed by atoms with Crippen LogP contribution >= 0.6 is 35.6 Å². The number of nitrogens with zero attached hydrogens (tertiary/aromatic N) is 3. The maximum absolute atomic E-state index is 5.88. The Labute approximate surface area is 170 Å². The summed E-state index contributed by atoms with van der Waals surface area (Å²) in [5.74, 6) is 1.96. The molecule has 138 valence electrons. The minimum absolute atomic E-state index is 0. The number of guanidine groups is 1. The zero-order valence-electron chi connectivity index (χ0n) is 14.6. The summed E-state index contributed by atoms with van der Waals surface area (Å²) in [6, 6.07) is 7.36. The summed E-state index contributed by atoms with van der Waals surface area (Å²) in [6.45, 7) is 3.79. The number of unbranched alkanes of at least 4 members (excludes halogenated alkanes) is 2. The van der Waals surface area contributed by atoms with Crippen LogP contribution in [-0.4, -0.2) is 36.2 Å². The van der Waals surface area contributed by atoms with E-state index >= 15 is 0 Å². The largest absolute Gasteiger partial charge is 0.356 e. The first-order valence-corrected chi connectivity index (χ1v) is 8.63. The number of aliphatic imine (C=N–C) groups is 1. The van der Waals surface area contributed by atoms with Crippen molar-refractivity contribution in [2.24, 2.45) is 4.99 Å². The lowest BCUT2D eigenvalue weighted by Crippen LogP contribution is -2.38. The van der Waals surface area contributed by atoms with Gasteiger partial charge in [0.1, 0.15) is 0 Å². The van der Waals surface area contributed by atoms with E-state index in [0.29, 0.717) is 29.7 Å². The fourth-order valence-corrected chi connectivity index (χ4v) is 2.29. The van der Waals surface area contributed by atoms with Crippen molar-refractivity contribution < 1.29 is 4.52 Å². The molecule has 1 aromatic carbocycles. The van der Waals surface area contributed by atoms with Gasteiger partial charge in [-0.1, -0.05) is 36.5 Å². The first-order chi connectivity index (χ1) is 11.7. The summed E-state index contributed by atoms with van der Waals surface area (Å²) in [5.41, 5.74) is 0.885. The third-order valence-electron chi connectivity index (χ3n) is 3.50. The SMILES string of the molecule is CCCCCNC(=NC)NCCc1nc(-c2ccc(Cl)cc2)no1.I. The molecule has 2 aromatic rings. The van der Waals surface area contributed by atoms with Gasteiger partial charge in [-0.2, -0.15) is 4.98 Å². The molecule has 0 saturated carbocycles. The highest BCUT2D eigenvalue weighted by Gasteiger charge is 2.08. The molecule has 0 saturated heterocycles. The fraction of sp³-hybridized carbons (Fsp3) is 0.471. The van der Waals surface area contributed by atoms with E-state index in [2.05, 4.69) is 32.7 Å². The van der Waals surface area contributed by atoms with Gasteiger partial charge in [-0.05, 0) is 30.7 Å². The van der Waals surface area contributed by atoms with Crippen LogP contribution in [0.5, 0.6) is 0 Å². The summed E-state index contributed by atoms with van der Waals surface area (Å²) in [6.07, 6.45) is 4.21. The Bertz CT molecular complexity index is 645. The summed E-state index contributed by atoms with van der Waals surface area (Å²) in [7, 11) is 1.76. The van der Waals surface area contributed by atoms with E-state index in [1.807, 2.05) is 24.3 Å². The fourth-order valence-electron chi connectivity index (χ4n) is 2.16. The van der Waals surface area contributed by atoms with Crippen molar-refractivity contribution in [1.82, 2.24) is 20.8 Å². The molecule has 0 aliphatic carbocycles. The second-order valence-corrected chi connectivity index (χ2v) is 5.84. The molecule has 0 spiro atoms. The average molecular weight is 478 g/mol. The van der Waals surface area contributed by atoms with Crippen LogP contribution in [0.1, 0.15) is 32.1 Å². The van der Waals surface area contributed by atoms with Gasteiger partial charge < -0.3 is 15.2 Å². The molecule has 0 amide bonds. The lowest BCUT2D eigenvalue weighted by molar-refractivity contribution is 0.378. The zero-order chi connectivity index (χ0) is 17.2. The summed E-state index contributed by atoms with van der Waals surface area (Å²) in [4.78, 5) is 8.59. The third-order valence-corrected chi connectivity index (χ3v) is 3.75. The molecule has 2 N–H and O–H groups in total. The van der Waals surface area contributed by atoms with Gasteiger partial charge in [0.2, 0.25) is 11.7 Å². The Morgan fingerprint density at radius 2 is 1.88 bits per heavy atom. The average Bonchev–Trinajstić information content (AvgIpc) is 3.06. The van der Waals surface area contributed by atoms with E-state index in [1.165, 1.54) is 12.8 Å². The summed E-state index contributed by atoms with van der Waals surface area (Å²) < 4.78 is 5.28. The topological polar surface area (TPSA) is 75.3 Å². The first-order valence-electron chi connectivity index (χ1n) is 8.26. The van der Waals surface area contributed by atoms with Crippen molar-refractivity contribution in [3.8, 4) is 11.4 Å². The maximum atomic E-state index is 5.88. The normalized spacial score (nSPS) is 11.1. The highest BCUT2D eigenvalue weighted by Crippen LogP contribution is 2.18. The van der Waals surface area contributed by atoms with E-state index < -0.39 is 0 Å². The lowest BCUT2D eigenvalue weighted by atomic mass is 10.2. The molecule has 0 fully saturated rings. The molecule has 1 heterocycles. The Morgan fingerprint density at radius 3 is 2.56 bits per heavy atom. The highest BCUT2D eigenvalue weighted by atomic mass is 127. The smallest absolute Gasteiger partial charge is 0.228 e. The van der Waals surface area contributed by atoms with Gasteiger partial charge in [0.25, 0.3) is 0 Å². The number of hydrogen-bond acceptors (Lipinski definition) is 4. The second-order valence-electron chi connectivity index (χ2n) is 5.40. The number of rotatable bonds is 8. The van der Waals surface area contributed by atoms with Crippen molar-refractivity contribution >= 4 is 41.5 Å². The predicted octanol–water partition coefficient (Wildman–Crippen LogP) is 3.91. The van der Waals surface area contributed by atoms with Gasteiger partial charge in [0.05, 0.1) is 0 Å². The van der Waals surface area contributed by atoms with Gasteiger partial charge in [0, 0.05) is 37.1 Å². The molecule has 0 aliphatic rings. The number of benzene rings is 1. The third kappa shape index (κ3) is 7.60. The second kappa shape index (κ2) is 12.1. The van der Waals surface area contributed by atoms with Crippen molar-refractivity contribution in [2.45, 2.75) is 32.6 Å². The number of hydrogen-bond donors (Lipinski definition) is 2. The van der Waals surface area contributed by atoms with Gasteiger partial charge in [-0.3, -0.25) is 4.99 Å². The molecule has 2 rings (SSSR count). The molecular formula is C17H25ClIN5O. The molecule has 0 atom stereocenters. The van der Waals surface area contributed by atoms with Crippen LogP contribution in [0.2, 0.25) is 5.02 Å². The molecule has 0 radical (unpaired) electrons. The molecule has 8 heteroatoms. The monoisotopic (exact) mass is 477 g/mol. The van der Waals surface area contributed by atoms with E-state index in [-0.39, 0.29) is 24.0 Å². The molecular weight excluding hydrogens is 453 g/mol. The van der Waals surface area contributed by atoms with Crippen LogP contribution in [0.4, 0.5) is 0 Å². The first kappa shape index (κ1) is 21.7. The van der Waals surface area contributed by atoms with Gasteiger partial charge in [-0.15, -0.1) is 24.0 Å². The van der Waals surface area contributed by atoms with E-state index in [4.69, 9.17) is 16.1 Å². The van der Waals surface area contributed by atoms with Crippen molar-refractivity contribution in [3.63, 3.8) is 0 Å². The van der Waals surface area contributed by atoms with Crippen LogP contribution in [-0.2, 0) is 6.42 Å². The molecule has 25 heavy (non-hydrogen) atoms. The lowest BCUT2D eigenvalue weighted by Gasteiger charge is -2.10. The van der Waals surface area contributed by atoms with Crippen molar-refractivity contribution in [1.29, 1.82) is 0 Å². The van der Waals surface area contributed by atoms with Crippen LogP contribution in [0, 0.1) is 0 Å². The molecule has 0 unspecified atom stereocenters. The Balaban J connectivity index is 0.00000312. The van der Waals surface area contributed by atoms with Crippen molar-refractivity contribution in [3.05, 3.63) is 35.2 Å². The van der Waals surface area contributed by atoms with Crippen LogP contribution in [0.25, 0.3) is 11.4 Å². The van der Waals surface area contributed by atoms with Crippen LogP contribution < -0.4 is 10.6 Å². The summed E-state index contributed by atoms with van der Waals surface area (Å²) in [5, 5.41) is 11.2. The molecule has 1 aromatic heterocycles. The Morgan fingerprint density at radius 1 is 1.16 bits per heavy atom. The minimum atomic E-state index is 0. The quantitative estimate of drug-likeness (QED) is 0.261. The van der Waals surface area contributed by atoms with Gasteiger partial charge in [-0.25, -0.2) is 0 Å². The molecule has 0 aliphatic heterocycles. The van der Waals surface area contributed by atoms with Crippen LogP contribution in [0.15, 0.2) is 33.8 Å². The standard InChI is InChI=1S/C17H24ClN5O.HI/c1-3-4-5-11-20-17(19-2)21-12-10-15-22-16(23-24-15)13-6-8-14(18)9-7-13;/h6-9H,3-5,10-12H2,1-2H3,(H2,19,20,21);1H. The highest BCUT2D eigenvalue weighted by molar-refractivity contribution is 14.0. The van der Waals surface area contributed by atoms with E-state index in [1.54, 1.807) is 7.05 Å². The molecule has 0 bridgehead atoms. The maximum Gasteiger partial charge on any atom is 0.228 e. The predicted molar refractivity (Wildman–Crippen MR) is 113 cm³/mol. The van der Waals surface area contributed by atoms with Gasteiger partial charge in [0.15, 0.2) is 5.96 Å². The summed E-state index contributed by atoms with van der Waals surface area (Å²) >= 11 is 5.88. The zero-order valence-corrected chi connectivity index (χ0v) is 17.7. The van der Waals surface area contributed by atoms with E-state index in [0.717, 1.165) is 24.5 Å². The minimum Gasteiger partial charge on any atom is -0.356 e. The number of nitrogens with one attached hydrogen (secondary N) is 2. The number of aromatic nitrogens is 2. The van der Waals surface area contributed by atoms with E-state index in [9.17, 15) is 0 Å². The van der Waals surface area contributed by atoms with Crippen LogP contribution in [0.3, 0.4) is 0 Å².